The Morgan fingerprint density at radius 1 is 1.17 bits per heavy atom. The van der Waals surface area contributed by atoms with Gasteiger partial charge in [-0.25, -0.2) is 0 Å². The molecule has 1 fully saturated rings. The topological polar surface area (TPSA) is 38.3 Å². The first-order valence-corrected chi connectivity index (χ1v) is 6.80. The van der Waals surface area contributed by atoms with Crippen LogP contribution in [0.5, 0.6) is 0 Å². The van der Waals surface area contributed by atoms with Crippen LogP contribution in [0.3, 0.4) is 0 Å². The average molecular weight is 245 g/mol. The number of carbonyl (C=O) groups is 1. The first-order chi connectivity index (χ1) is 8.86. The fourth-order valence-corrected chi connectivity index (χ4v) is 3.03. The summed E-state index contributed by atoms with van der Waals surface area (Å²) >= 11 is 0. The van der Waals surface area contributed by atoms with Crippen LogP contribution in [0.4, 0.5) is 5.69 Å². The normalized spacial score (nSPS) is 24.1. The number of fused-ring (bicyclic) bond motifs is 1. The molecule has 0 aromatic heterocycles. The maximum atomic E-state index is 12.6. The summed E-state index contributed by atoms with van der Waals surface area (Å²) in [4.78, 5) is 12.6. The molecule has 0 bridgehead atoms. The summed E-state index contributed by atoms with van der Waals surface area (Å²) in [6.45, 7) is 2.38. The second kappa shape index (κ2) is 5.11. The zero-order chi connectivity index (χ0) is 12.4. The Kier molecular flexibility index (Phi) is 3.33. The molecule has 1 aromatic carbocycles. The molecule has 18 heavy (non-hydrogen) atoms. The van der Waals surface area contributed by atoms with Gasteiger partial charge < -0.3 is 10.1 Å². The van der Waals surface area contributed by atoms with E-state index >= 15 is 0 Å². The Morgan fingerprint density at radius 2 is 1.94 bits per heavy atom. The van der Waals surface area contributed by atoms with Gasteiger partial charge in [0.05, 0.1) is 0 Å². The second-order valence-corrected chi connectivity index (χ2v) is 5.14. The molecule has 0 saturated carbocycles. The highest BCUT2D eigenvalue weighted by molar-refractivity contribution is 5.90. The van der Waals surface area contributed by atoms with Crippen molar-refractivity contribution in [1.82, 2.24) is 0 Å². The van der Waals surface area contributed by atoms with Crippen molar-refractivity contribution in [3.05, 3.63) is 29.8 Å². The minimum atomic E-state index is 0.0885. The molecule has 2 aliphatic heterocycles. The molecule has 2 heterocycles. The summed E-state index contributed by atoms with van der Waals surface area (Å²) in [7, 11) is 0. The minimum Gasteiger partial charge on any atom is -0.385 e. The molecule has 3 rings (SSSR count). The highest BCUT2D eigenvalue weighted by Gasteiger charge is 2.32. The van der Waals surface area contributed by atoms with Crippen molar-refractivity contribution in [1.29, 1.82) is 0 Å². The molecule has 1 unspecified atom stereocenters. The fraction of sp³-hybridized carbons (Fsp3) is 0.533. The van der Waals surface area contributed by atoms with E-state index in [-0.39, 0.29) is 11.8 Å². The third-order valence-corrected chi connectivity index (χ3v) is 4.05. The third kappa shape index (κ3) is 2.15. The second-order valence-electron chi connectivity index (χ2n) is 5.14. The van der Waals surface area contributed by atoms with E-state index in [1.165, 1.54) is 5.56 Å². The van der Waals surface area contributed by atoms with E-state index in [2.05, 4.69) is 17.4 Å². The fourth-order valence-electron chi connectivity index (χ4n) is 3.03. The smallest absolute Gasteiger partial charge is 0.143 e. The van der Waals surface area contributed by atoms with Crippen molar-refractivity contribution in [2.24, 2.45) is 5.92 Å². The van der Waals surface area contributed by atoms with E-state index in [4.69, 9.17) is 4.74 Å². The summed E-state index contributed by atoms with van der Waals surface area (Å²) in [6.07, 6.45) is 2.71. The molecule has 1 saturated heterocycles. The van der Waals surface area contributed by atoms with Crippen molar-refractivity contribution in [2.45, 2.75) is 25.2 Å². The first-order valence-electron chi connectivity index (χ1n) is 6.80. The molecule has 3 nitrogen and oxygen atoms in total. The van der Waals surface area contributed by atoms with Crippen LogP contribution in [-0.2, 0) is 9.53 Å². The van der Waals surface area contributed by atoms with Crippen molar-refractivity contribution in [3.8, 4) is 0 Å². The number of anilines is 1. The van der Waals surface area contributed by atoms with Gasteiger partial charge in [0.15, 0.2) is 0 Å². The number of hydrogen-bond acceptors (Lipinski definition) is 3. The SMILES string of the molecule is O=C(C1CCOCC1)C1CCNc2ccccc21. The first kappa shape index (κ1) is 11.7. The Bertz CT molecular complexity index is 438. The number of benzene rings is 1. The number of para-hydroxylation sites is 1. The molecule has 1 N–H and O–H groups in total. The van der Waals surface area contributed by atoms with Crippen LogP contribution >= 0.6 is 0 Å². The number of hydrogen-bond donors (Lipinski definition) is 1. The molecule has 96 valence electrons. The van der Waals surface area contributed by atoms with Crippen molar-refractivity contribution >= 4 is 11.5 Å². The van der Waals surface area contributed by atoms with Gasteiger partial charge in [0.25, 0.3) is 0 Å². The van der Waals surface area contributed by atoms with Crippen LogP contribution in [0.1, 0.15) is 30.7 Å². The summed E-state index contributed by atoms with van der Waals surface area (Å²) in [6, 6.07) is 8.20. The highest BCUT2D eigenvalue weighted by Crippen LogP contribution is 2.35. The number of rotatable bonds is 2. The lowest BCUT2D eigenvalue weighted by molar-refractivity contribution is -0.127. The lowest BCUT2D eigenvalue weighted by Gasteiger charge is -2.30. The van der Waals surface area contributed by atoms with Gasteiger partial charge in [-0.05, 0) is 30.9 Å². The van der Waals surface area contributed by atoms with Crippen molar-refractivity contribution < 1.29 is 9.53 Å². The van der Waals surface area contributed by atoms with E-state index in [1.54, 1.807) is 0 Å². The molecular weight excluding hydrogens is 226 g/mol. The third-order valence-electron chi connectivity index (χ3n) is 4.05. The molecule has 3 heteroatoms. The van der Waals surface area contributed by atoms with E-state index in [1.807, 2.05) is 12.1 Å². The van der Waals surface area contributed by atoms with Crippen LogP contribution in [0.25, 0.3) is 0 Å². The van der Waals surface area contributed by atoms with Gasteiger partial charge in [-0.3, -0.25) is 4.79 Å². The number of carbonyl (C=O) groups excluding carboxylic acids is 1. The van der Waals surface area contributed by atoms with Crippen molar-refractivity contribution in [3.63, 3.8) is 0 Å². The van der Waals surface area contributed by atoms with Crippen LogP contribution < -0.4 is 5.32 Å². The Balaban J connectivity index is 1.82. The molecule has 2 aliphatic rings. The van der Waals surface area contributed by atoms with E-state index < -0.39 is 0 Å². The van der Waals surface area contributed by atoms with E-state index in [0.29, 0.717) is 5.78 Å². The van der Waals surface area contributed by atoms with Gasteiger partial charge in [0, 0.05) is 37.3 Å². The van der Waals surface area contributed by atoms with Gasteiger partial charge in [0.2, 0.25) is 0 Å². The maximum Gasteiger partial charge on any atom is 0.143 e. The Hall–Kier alpha value is -1.35. The lowest BCUT2D eigenvalue weighted by Crippen LogP contribution is -2.31. The predicted molar refractivity (Wildman–Crippen MR) is 70.8 cm³/mol. The van der Waals surface area contributed by atoms with Crippen LogP contribution in [0, 0.1) is 5.92 Å². The summed E-state index contributed by atoms with van der Waals surface area (Å²) in [5, 5.41) is 3.37. The molecule has 1 aromatic rings. The Labute approximate surface area is 108 Å². The zero-order valence-corrected chi connectivity index (χ0v) is 10.5. The van der Waals surface area contributed by atoms with Crippen LogP contribution in [-0.4, -0.2) is 25.5 Å². The minimum absolute atomic E-state index is 0.0885. The van der Waals surface area contributed by atoms with Crippen LogP contribution in [0.2, 0.25) is 0 Å². The lowest BCUT2D eigenvalue weighted by atomic mass is 9.80. The number of nitrogens with one attached hydrogen (secondary N) is 1. The highest BCUT2D eigenvalue weighted by atomic mass is 16.5. The van der Waals surface area contributed by atoms with E-state index in [9.17, 15) is 4.79 Å². The molecule has 0 aliphatic carbocycles. The van der Waals surface area contributed by atoms with Gasteiger partial charge in [-0.2, -0.15) is 0 Å². The maximum absolute atomic E-state index is 12.6. The molecule has 0 amide bonds. The molecule has 0 spiro atoms. The van der Waals surface area contributed by atoms with Gasteiger partial charge in [0.1, 0.15) is 5.78 Å². The monoisotopic (exact) mass is 245 g/mol. The van der Waals surface area contributed by atoms with Crippen LogP contribution in [0.15, 0.2) is 24.3 Å². The summed E-state index contributed by atoms with van der Waals surface area (Å²) in [5.41, 5.74) is 2.31. The van der Waals surface area contributed by atoms with Gasteiger partial charge >= 0.3 is 0 Å². The quantitative estimate of drug-likeness (QED) is 0.870. The molecular formula is C15H19NO2. The molecule has 1 atom stereocenters. The number of ether oxygens (including phenoxy) is 1. The zero-order valence-electron chi connectivity index (χ0n) is 10.5. The number of ketones is 1. The number of Topliss-reactive ketones (excluding diaryl/α,β-unsaturated/α-hetero) is 1. The molecule has 0 radical (unpaired) electrons. The largest absolute Gasteiger partial charge is 0.385 e. The predicted octanol–water partition coefficient (Wildman–Crippen LogP) is 2.58. The summed E-state index contributed by atoms with van der Waals surface area (Å²) in [5.74, 6) is 0.715. The van der Waals surface area contributed by atoms with E-state index in [0.717, 1.165) is 44.7 Å². The standard InChI is InChI=1S/C15H19NO2/c17-15(11-6-9-18-10-7-11)13-5-8-16-14-4-2-1-3-12(13)14/h1-4,11,13,16H,5-10H2. The average Bonchev–Trinajstić information content (AvgIpc) is 2.47. The Morgan fingerprint density at radius 3 is 2.78 bits per heavy atom. The van der Waals surface area contributed by atoms with Gasteiger partial charge in [-0.1, -0.05) is 18.2 Å². The van der Waals surface area contributed by atoms with Gasteiger partial charge in [-0.15, -0.1) is 0 Å². The summed E-state index contributed by atoms with van der Waals surface area (Å²) < 4.78 is 5.34. The van der Waals surface area contributed by atoms with Crippen molar-refractivity contribution in [2.75, 3.05) is 25.1 Å².